The first-order valence-electron chi connectivity index (χ1n) is 19.1. The summed E-state index contributed by atoms with van der Waals surface area (Å²) in [5, 5.41) is 47.6. The van der Waals surface area contributed by atoms with Gasteiger partial charge in [0.1, 0.15) is 18.1 Å². The molecule has 0 amide bonds. The highest BCUT2D eigenvalue weighted by molar-refractivity contribution is 6.38. The SMILES string of the molecule is CCCCCC[n+]1ccc(CCCCCc2c(O)c3c(=O)cc(CO)c4c5c(CO)cc(=O)c6c(O)c(OC)c7c(c(c2C=C(C)C7C(C)=O)c34)c65)cc1. The molecule has 0 bridgehead atoms. The van der Waals surface area contributed by atoms with Crippen molar-refractivity contribution in [1.29, 1.82) is 0 Å². The molecule has 9 heteroatoms. The fraction of sp³-hybridized carbons (Fsp3) is 0.378. The molecule has 54 heavy (non-hydrogen) atoms. The molecule has 1 heterocycles. The highest BCUT2D eigenvalue weighted by Crippen LogP contribution is 2.56. The van der Waals surface area contributed by atoms with Gasteiger partial charge in [-0.3, -0.25) is 14.4 Å². The number of aromatic hydroxyl groups is 2. The van der Waals surface area contributed by atoms with Crippen LogP contribution in [0, 0.1) is 0 Å². The van der Waals surface area contributed by atoms with Crippen LogP contribution in [0.2, 0.25) is 0 Å². The molecule has 6 aromatic rings. The molecule has 1 atom stereocenters. The Labute approximate surface area is 313 Å². The molecule has 280 valence electrons. The van der Waals surface area contributed by atoms with Gasteiger partial charge in [0.05, 0.1) is 37.0 Å². The van der Waals surface area contributed by atoms with Gasteiger partial charge in [-0.05, 0) is 102 Å². The number of hydrogen-bond donors (Lipinski definition) is 4. The van der Waals surface area contributed by atoms with Crippen molar-refractivity contribution >= 4 is 54.9 Å². The van der Waals surface area contributed by atoms with Crippen LogP contribution in [0.25, 0.3) is 49.2 Å². The number of ketones is 1. The van der Waals surface area contributed by atoms with E-state index in [9.17, 15) is 34.8 Å². The molecule has 1 aromatic heterocycles. The maximum atomic E-state index is 14.0. The highest BCUT2D eigenvalue weighted by Gasteiger charge is 2.36. The number of allylic oxidation sites excluding steroid dienone is 1. The highest BCUT2D eigenvalue weighted by atomic mass is 16.5. The number of pyridine rings is 1. The zero-order valence-corrected chi connectivity index (χ0v) is 31.5. The Balaban J connectivity index is 1.41. The summed E-state index contributed by atoms with van der Waals surface area (Å²) in [4.78, 5) is 41.4. The fourth-order valence-corrected chi connectivity index (χ4v) is 9.08. The first-order chi connectivity index (χ1) is 26.1. The van der Waals surface area contributed by atoms with Crippen molar-refractivity contribution in [2.24, 2.45) is 0 Å². The number of carbonyl (C=O) groups excluding carboxylic acids is 1. The second-order valence-corrected chi connectivity index (χ2v) is 14.9. The number of phenolic OH excluding ortho intramolecular Hbond substituents is 2. The minimum Gasteiger partial charge on any atom is -0.507 e. The van der Waals surface area contributed by atoms with Crippen LogP contribution in [0.15, 0.2) is 51.8 Å². The number of hydrogen-bond acceptors (Lipinski definition) is 8. The molecule has 5 aromatic carbocycles. The number of ether oxygens (including phenoxy) is 1. The van der Waals surface area contributed by atoms with Gasteiger partial charge in [-0.1, -0.05) is 37.8 Å². The lowest BCUT2D eigenvalue weighted by molar-refractivity contribution is -0.697. The second kappa shape index (κ2) is 15.0. The third-order valence-corrected chi connectivity index (χ3v) is 11.5. The number of unbranched alkanes of at least 4 members (excludes halogenated alkanes) is 5. The van der Waals surface area contributed by atoms with Gasteiger partial charge in [0.15, 0.2) is 34.8 Å². The number of fused-ring (bicyclic) bond motifs is 1. The first-order valence-corrected chi connectivity index (χ1v) is 19.1. The van der Waals surface area contributed by atoms with Crippen molar-refractivity contribution in [3.8, 4) is 17.2 Å². The van der Waals surface area contributed by atoms with Crippen molar-refractivity contribution in [3.63, 3.8) is 0 Å². The van der Waals surface area contributed by atoms with Crippen molar-refractivity contribution in [3.05, 3.63) is 96.1 Å². The molecule has 0 saturated carbocycles. The van der Waals surface area contributed by atoms with E-state index in [4.69, 9.17) is 4.74 Å². The van der Waals surface area contributed by atoms with Crippen LogP contribution in [-0.2, 0) is 37.4 Å². The summed E-state index contributed by atoms with van der Waals surface area (Å²) in [5.41, 5.74) is 2.90. The minimum atomic E-state index is -0.890. The van der Waals surface area contributed by atoms with E-state index < -0.39 is 35.7 Å². The molecule has 0 saturated heterocycles. The molecule has 4 N–H and O–H groups in total. The van der Waals surface area contributed by atoms with E-state index in [0.29, 0.717) is 67.4 Å². The smallest absolute Gasteiger partial charge is 0.190 e. The number of aryl methyl sites for hydroxylation is 2. The predicted octanol–water partition coefficient (Wildman–Crippen LogP) is 7.21. The molecule has 0 spiro atoms. The number of rotatable bonds is 15. The number of aliphatic hydroxyl groups excluding tert-OH is 2. The topological polar surface area (TPSA) is 145 Å². The number of nitrogens with zero attached hydrogens (tertiary/aromatic N) is 1. The summed E-state index contributed by atoms with van der Waals surface area (Å²) in [5.74, 6) is -1.72. The van der Waals surface area contributed by atoms with Gasteiger partial charge in [-0.2, -0.15) is 0 Å². The molecular weight excluding hydrogens is 682 g/mol. The molecule has 0 radical (unpaired) electrons. The van der Waals surface area contributed by atoms with Crippen LogP contribution < -0.4 is 20.2 Å². The van der Waals surface area contributed by atoms with Gasteiger partial charge in [-0.15, -0.1) is 0 Å². The van der Waals surface area contributed by atoms with E-state index in [1.54, 1.807) is 0 Å². The van der Waals surface area contributed by atoms with Crippen molar-refractivity contribution in [2.75, 3.05) is 7.11 Å². The Morgan fingerprint density at radius 1 is 0.759 bits per heavy atom. The third kappa shape index (κ3) is 5.94. The van der Waals surface area contributed by atoms with E-state index in [2.05, 4.69) is 36.0 Å². The van der Waals surface area contributed by atoms with E-state index >= 15 is 0 Å². The number of benzene rings is 5. The maximum Gasteiger partial charge on any atom is 0.190 e. The largest absolute Gasteiger partial charge is 0.507 e. The van der Waals surface area contributed by atoms with Gasteiger partial charge < -0.3 is 25.2 Å². The number of phenols is 2. The Kier molecular flexibility index (Phi) is 10.3. The molecule has 1 aliphatic carbocycles. The van der Waals surface area contributed by atoms with Crippen LogP contribution >= 0.6 is 0 Å². The van der Waals surface area contributed by atoms with E-state index in [1.165, 1.54) is 57.4 Å². The summed E-state index contributed by atoms with van der Waals surface area (Å²) in [6.45, 7) is 5.43. The van der Waals surface area contributed by atoms with Gasteiger partial charge in [0.2, 0.25) is 0 Å². The lowest BCUT2D eigenvalue weighted by atomic mass is 9.79. The van der Waals surface area contributed by atoms with E-state index in [-0.39, 0.29) is 39.2 Å². The van der Waals surface area contributed by atoms with Crippen molar-refractivity contribution in [1.82, 2.24) is 0 Å². The Morgan fingerprint density at radius 2 is 1.35 bits per heavy atom. The number of aliphatic hydroxyl groups is 2. The standard InChI is InChI=1S/C45H47NO8/c1-5-6-7-11-16-46-17-14-26(15-18-46)12-9-8-10-13-29-30-19-24(2)33(25(3)49)42-41-36(30)39-34(27(22-47)20-31(50)37(39)43(29)52)35-28(23-48)21-32(51)38(40(35)41)44(53)45(42)54-4/h14-15,17-21,33,47-48H,5-13,16,22-23H2,1-4H3,(H-,50,51,52,53)/p+1. The monoisotopic (exact) mass is 730 g/mol. The van der Waals surface area contributed by atoms with Gasteiger partial charge in [0, 0.05) is 40.5 Å². The van der Waals surface area contributed by atoms with Crippen LogP contribution in [0.4, 0.5) is 0 Å². The number of carbonyl (C=O) groups is 1. The van der Waals surface area contributed by atoms with Crippen molar-refractivity contribution < 1.29 is 34.5 Å². The average molecular weight is 731 g/mol. The fourth-order valence-electron chi connectivity index (χ4n) is 9.08. The normalized spacial score (nSPS) is 14.2. The third-order valence-electron chi connectivity index (χ3n) is 11.5. The Hall–Kier alpha value is -5.12. The zero-order valence-electron chi connectivity index (χ0n) is 31.5. The lowest BCUT2D eigenvalue weighted by Crippen LogP contribution is -2.32. The lowest BCUT2D eigenvalue weighted by Gasteiger charge is -2.25. The van der Waals surface area contributed by atoms with Gasteiger partial charge >= 0.3 is 0 Å². The summed E-state index contributed by atoms with van der Waals surface area (Å²) in [6, 6.07) is 6.90. The van der Waals surface area contributed by atoms with Gasteiger partial charge in [0.25, 0.3) is 0 Å². The van der Waals surface area contributed by atoms with Crippen LogP contribution in [0.3, 0.4) is 0 Å². The molecule has 7 rings (SSSR count). The Bertz CT molecular complexity index is 2570. The van der Waals surface area contributed by atoms with Crippen LogP contribution in [0.1, 0.15) is 105 Å². The quantitative estimate of drug-likeness (QED) is 0.0376. The molecule has 0 aliphatic heterocycles. The predicted molar refractivity (Wildman–Crippen MR) is 212 cm³/mol. The van der Waals surface area contributed by atoms with Crippen LogP contribution in [-0.4, -0.2) is 33.3 Å². The zero-order chi connectivity index (χ0) is 38.4. The first kappa shape index (κ1) is 37.2. The number of aromatic nitrogens is 1. The van der Waals surface area contributed by atoms with Gasteiger partial charge in [-0.25, -0.2) is 4.57 Å². The summed E-state index contributed by atoms with van der Waals surface area (Å²) in [7, 11) is 1.37. The molecular formula is C45H48NO8+. The maximum absolute atomic E-state index is 14.0. The Morgan fingerprint density at radius 3 is 1.94 bits per heavy atom. The summed E-state index contributed by atoms with van der Waals surface area (Å²) in [6.07, 6.45) is 14.9. The second-order valence-electron chi connectivity index (χ2n) is 14.9. The van der Waals surface area contributed by atoms with E-state index in [0.717, 1.165) is 25.8 Å². The molecule has 1 aliphatic rings. The van der Waals surface area contributed by atoms with Crippen molar-refractivity contribution in [2.45, 2.75) is 104 Å². The molecule has 9 nitrogen and oxygen atoms in total. The number of methoxy groups -OCH3 is 1. The van der Waals surface area contributed by atoms with Crippen LogP contribution in [0.5, 0.6) is 17.2 Å². The number of Topliss-reactive ketones (excluding diaryl/α,β-unsaturated/α-hetero) is 1. The minimum absolute atomic E-state index is 0.0205. The summed E-state index contributed by atoms with van der Waals surface area (Å²) >= 11 is 0. The molecule has 1 unspecified atom stereocenters. The summed E-state index contributed by atoms with van der Waals surface area (Å²) < 4.78 is 8.04. The van der Waals surface area contributed by atoms with E-state index in [1.807, 2.05) is 13.0 Å². The average Bonchev–Trinajstić information content (AvgIpc) is 3.28. The molecule has 0 fully saturated rings.